The van der Waals surface area contributed by atoms with Gasteiger partial charge in [0.05, 0.1) is 16.7 Å². The normalized spacial score (nSPS) is 14.6. The summed E-state index contributed by atoms with van der Waals surface area (Å²) in [5, 5.41) is 0.940. The first kappa shape index (κ1) is 17.1. The molecule has 1 aromatic carbocycles. The average molecular weight is 366 g/mol. The maximum absolute atomic E-state index is 11.9. The number of hydrogen-bond donors (Lipinski definition) is 0. The highest BCUT2D eigenvalue weighted by molar-refractivity contribution is 7.48. The second-order valence-electron chi connectivity index (χ2n) is 3.13. The van der Waals surface area contributed by atoms with Crippen LogP contribution in [0.5, 0.6) is 0 Å². The maximum Gasteiger partial charge on any atom is 0.529 e. The fourth-order valence-electron chi connectivity index (χ4n) is 1.05. The molecule has 19 heavy (non-hydrogen) atoms. The number of halogens is 4. The zero-order chi connectivity index (χ0) is 14.5. The molecule has 0 saturated heterocycles. The summed E-state index contributed by atoms with van der Waals surface area (Å²) in [6, 6.07) is 2.96. The molecule has 0 aliphatic carbocycles. The first-order valence-electron chi connectivity index (χ1n) is 4.79. The Morgan fingerprint density at radius 3 is 2.42 bits per heavy atom. The van der Waals surface area contributed by atoms with Crippen molar-refractivity contribution in [2.75, 3.05) is 7.11 Å². The Labute approximate surface area is 130 Å². The summed E-state index contributed by atoms with van der Waals surface area (Å²) in [6.07, 6.45) is 0.988. The number of phosphoric ester groups is 1. The molecule has 0 aliphatic heterocycles. The van der Waals surface area contributed by atoms with Gasteiger partial charge >= 0.3 is 7.82 Å². The van der Waals surface area contributed by atoms with Crippen LogP contribution in [0.25, 0.3) is 0 Å². The average Bonchev–Trinajstić information content (AvgIpc) is 2.39. The Morgan fingerprint density at radius 2 is 1.84 bits per heavy atom. The van der Waals surface area contributed by atoms with Crippen molar-refractivity contribution in [3.05, 3.63) is 44.6 Å². The van der Waals surface area contributed by atoms with E-state index in [1.165, 1.54) is 19.2 Å². The Balaban J connectivity index is 2.80. The van der Waals surface area contributed by atoms with E-state index in [0.717, 1.165) is 11.8 Å². The van der Waals surface area contributed by atoms with Gasteiger partial charge in [-0.25, -0.2) is 4.57 Å². The van der Waals surface area contributed by atoms with Crippen LogP contribution in [0.4, 0.5) is 0 Å². The molecule has 0 amide bonds. The number of phosphoric acid groups is 1. The van der Waals surface area contributed by atoms with E-state index in [1.54, 1.807) is 0 Å². The highest BCUT2D eigenvalue weighted by Gasteiger charge is 2.25. The van der Waals surface area contributed by atoms with Crippen molar-refractivity contribution in [2.45, 2.75) is 6.61 Å². The van der Waals surface area contributed by atoms with Crippen LogP contribution < -0.4 is 0 Å². The SMILES string of the molecule is COP(=O)(OC=CCl)OCc1cc(Cl)c(Cl)cc1Cl. The van der Waals surface area contributed by atoms with Crippen LogP contribution in [-0.4, -0.2) is 7.11 Å². The summed E-state index contributed by atoms with van der Waals surface area (Å²) in [4.78, 5) is 0. The van der Waals surface area contributed by atoms with E-state index in [2.05, 4.69) is 4.52 Å². The molecule has 0 bridgehead atoms. The lowest BCUT2D eigenvalue weighted by atomic mass is 10.2. The third-order valence-electron chi connectivity index (χ3n) is 1.93. The molecule has 1 rings (SSSR count). The summed E-state index contributed by atoms with van der Waals surface area (Å²) in [5.74, 6) is 0. The van der Waals surface area contributed by atoms with Crippen LogP contribution in [0.2, 0.25) is 15.1 Å². The van der Waals surface area contributed by atoms with Gasteiger partial charge < -0.3 is 4.52 Å². The van der Waals surface area contributed by atoms with Gasteiger partial charge in [0.2, 0.25) is 0 Å². The number of rotatable bonds is 6. The molecule has 0 aliphatic rings. The second kappa shape index (κ2) is 7.75. The predicted molar refractivity (Wildman–Crippen MR) is 77.0 cm³/mol. The van der Waals surface area contributed by atoms with E-state index in [9.17, 15) is 4.57 Å². The minimum absolute atomic E-state index is 0.128. The summed E-state index contributed by atoms with van der Waals surface area (Å²) in [6.45, 7) is -0.128. The zero-order valence-corrected chi connectivity index (χ0v) is 13.5. The van der Waals surface area contributed by atoms with E-state index >= 15 is 0 Å². The molecule has 1 unspecified atom stereocenters. The molecule has 9 heteroatoms. The zero-order valence-electron chi connectivity index (χ0n) is 9.61. The molecule has 1 aromatic rings. The topological polar surface area (TPSA) is 44.8 Å². The fourth-order valence-corrected chi connectivity index (χ4v) is 2.55. The van der Waals surface area contributed by atoms with Crippen molar-refractivity contribution < 1.29 is 18.1 Å². The third-order valence-corrected chi connectivity index (χ3v) is 4.38. The standard InChI is InChI=1S/C10H9Cl4O4P/c1-16-19(15,17-3-2-11)18-6-7-4-9(13)10(14)5-8(7)12/h2-5H,6H2,1H3. The Morgan fingerprint density at radius 1 is 1.21 bits per heavy atom. The van der Waals surface area contributed by atoms with Gasteiger partial charge in [-0.15, -0.1) is 0 Å². The summed E-state index contributed by atoms with van der Waals surface area (Å²) >= 11 is 22.8. The third kappa shape index (κ3) is 5.16. The van der Waals surface area contributed by atoms with Crippen LogP contribution in [-0.2, 0) is 24.7 Å². The fraction of sp³-hybridized carbons (Fsp3) is 0.200. The predicted octanol–water partition coefficient (Wildman–Crippen LogP) is 5.64. The van der Waals surface area contributed by atoms with Gasteiger partial charge in [0.15, 0.2) is 0 Å². The highest BCUT2D eigenvalue weighted by Crippen LogP contribution is 2.50. The summed E-state index contributed by atoms with van der Waals surface area (Å²) in [5.41, 5.74) is 1.52. The van der Waals surface area contributed by atoms with Crippen LogP contribution in [0.15, 0.2) is 23.9 Å². The van der Waals surface area contributed by atoms with E-state index in [0.29, 0.717) is 20.6 Å². The van der Waals surface area contributed by atoms with Gasteiger partial charge in [-0.3, -0.25) is 9.05 Å². The van der Waals surface area contributed by atoms with Gasteiger partial charge in [0.1, 0.15) is 6.26 Å². The summed E-state index contributed by atoms with van der Waals surface area (Å²) < 4.78 is 26.4. The first-order chi connectivity index (χ1) is 8.91. The Bertz CT molecular complexity index is 520. The minimum Gasteiger partial charge on any atom is -0.411 e. The van der Waals surface area contributed by atoms with Crippen molar-refractivity contribution in [1.29, 1.82) is 0 Å². The molecule has 106 valence electrons. The molecule has 0 spiro atoms. The monoisotopic (exact) mass is 364 g/mol. The van der Waals surface area contributed by atoms with Gasteiger partial charge in [0.25, 0.3) is 0 Å². The first-order valence-corrected chi connectivity index (χ1v) is 7.82. The molecule has 1 atom stereocenters. The molecule has 0 aromatic heterocycles. The molecule has 0 N–H and O–H groups in total. The van der Waals surface area contributed by atoms with E-state index in [-0.39, 0.29) is 6.61 Å². The van der Waals surface area contributed by atoms with Crippen LogP contribution in [0, 0.1) is 0 Å². The van der Waals surface area contributed by atoms with Crippen molar-refractivity contribution in [3.8, 4) is 0 Å². The lowest BCUT2D eigenvalue weighted by Crippen LogP contribution is -1.96. The lowest BCUT2D eigenvalue weighted by molar-refractivity contribution is 0.158. The molecular weight excluding hydrogens is 357 g/mol. The summed E-state index contributed by atoms with van der Waals surface area (Å²) in [7, 11) is -2.56. The smallest absolute Gasteiger partial charge is 0.411 e. The maximum atomic E-state index is 11.9. The van der Waals surface area contributed by atoms with E-state index in [4.69, 9.17) is 55.5 Å². The lowest BCUT2D eigenvalue weighted by Gasteiger charge is -2.14. The largest absolute Gasteiger partial charge is 0.529 e. The van der Waals surface area contributed by atoms with E-state index < -0.39 is 7.82 Å². The van der Waals surface area contributed by atoms with Crippen molar-refractivity contribution in [2.24, 2.45) is 0 Å². The van der Waals surface area contributed by atoms with Crippen molar-refractivity contribution in [3.63, 3.8) is 0 Å². The van der Waals surface area contributed by atoms with Crippen molar-refractivity contribution >= 4 is 54.2 Å². The van der Waals surface area contributed by atoms with Gasteiger partial charge in [-0.1, -0.05) is 46.4 Å². The quantitative estimate of drug-likeness (QED) is 0.371. The molecule has 0 fully saturated rings. The second-order valence-corrected chi connectivity index (χ2v) is 6.33. The molecule has 0 saturated carbocycles. The molecule has 0 heterocycles. The number of hydrogen-bond acceptors (Lipinski definition) is 4. The Kier molecular flexibility index (Phi) is 6.98. The van der Waals surface area contributed by atoms with Crippen LogP contribution in [0.3, 0.4) is 0 Å². The molecule has 4 nitrogen and oxygen atoms in total. The number of benzene rings is 1. The van der Waals surface area contributed by atoms with Gasteiger partial charge in [0, 0.05) is 17.7 Å². The van der Waals surface area contributed by atoms with Gasteiger partial charge in [-0.2, -0.15) is 0 Å². The minimum atomic E-state index is -3.74. The van der Waals surface area contributed by atoms with Crippen LogP contribution in [0.1, 0.15) is 5.56 Å². The van der Waals surface area contributed by atoms with E-state index in [1.807, 2.05) is 0 Å². The van der Waals surface area contributed by atoms with Crippen LogP contribution >= 0.6 is 54.2 Å². The highest BCUT2D eigenvalue weighted by atomic mass is 35.5. The van der Waals surface area contributed by atoms with Gasteiger partial charge in [-0.05, 0) is 17.7 Å². The molecular formula is C10H9Cl4O4P. The van der Waals surface area contributed by atoms with Crippen molar-refractivity contribution in [1.82, 2.24) is 0 Å². The molecule has 0 radical (unpaired) electrons. The Hall–Kier alpha value is 0.0700.